The quantitative estimate of drug-likeness (QED) is 0.700. The Morgan fingerprint density at radius 1 is 1.17 bits per heavy atom. The molecule has 12 heavy (non-hydrogen) atoms. The molecule has 60 valence electrons. The van der Waals surface area contributed by atoms with Gasteiger partial charge < -0.3 is 0 Å². The Labute approximate surface area is 74.9 Å². The molecular weight excluding hydrogens is 168 g/mol. The molecule has 3 heteroatoms. The van der Waals surface area contributed by atoms with Crippen LogP contribution in [0.1, 0.15) is 10.7 Å². The first kappa shape index (κ1) is 7.43. The van der Waals surface area contributed by atoms with E-state index in [2.05, 4.69) is 9.97 Å². The molecule has 0 bridgehead atoms. The molecule has 0 unspecified atom stereocenters. The third kappa shape index (κ3) is 1.68. The predicted molar refractivity (Wildman–Crippen MR) is 49.2 cm³/mol. The zero-order chi connectivity index (χ0) is 8.23. The molecule has 0 fully saturated rings. The van der Waals surface area contributed by atoms with E-state index in [-0.39, 0.29) is 0 Å². The third-order valence-electron chi connectivity index (χ3n) is 1.54. The summed E-state index contributed by atoms with van der Waals surface area (Å²) in [6.45, 7) is 0. The van der Waals surface area contributed by atoms with Crippen molar-refractivity contribution in [3.05, 3.63) is 46.7 Å². The zero-order valence-corrected chi connectivity index (χ0v) is 7.29. The number of aromatic nitrogens is 2. The van der Waals surface area contributed by atoms with E-state index in [9.17, 15) is 0 Å². The third-order valence-corrected chi connectivity index (χ3v) is 2.32. The molecule has 0 spiro atoms. The van der Waals surface area contributed by atoms with Crippen molar-refractivity contribution in [2.45, 2.75) is 6.42 Å². The molecule has 0 saturated heterocycles. The van der Waals surface area contributed by atoms with Crippen molar-refractivity contribution in [3.8, 4) is 0 Å². The van der Waals surface area contributed by atoms with Crippen LogP contribution in [0.4, 0.5) is 0 Å². The molecule has 2 heterocycles. The van der Waals surface area contributed by atoms with Crippen molar-refractivity contribution in [1.29, 1.82) is 0 Å². The Kier molecular flexibility index (Phi) is 2.14. The van der Waals surface area contributed by atoms with Gasteiger partial charge in [0.15, 0.2) is 0 Å². The van der Waals surface area contributed by atoms with E-state index in [1.54, 1.807) is 11.3 Å². The minimum absolute atomic E-state index is 0.846. The van der Waals surface area contributed by atoms with E-state index in [0.29, 0.717) is 0 Å². The van der Waals surface area contributed by atoms with Crippen LogP contribution in [-0.4, -0.2) is 9.97 Å². The summed E-state index contributed by atoms with van der Waals surface area (Å²) in [6.07, 6.45) is 4.48. The number of hydrogen-bond acceptors (Lipinski definition) is 3. The topological polar surface area (TPSA) is 25.8 Å². The average Bonchev–Trinajstić information content (AvgIpc) is 2.59. The highest BCUT2D eigenvalue weighted by molar-refractivity contribution is 7.09. The van der Waals surface area contributed by atoms with Gasteiger partial charge in [0.25, 0.3) is 0 Å². The molecule has 2 rings (SSSR count). The first-order valence-electron chi connectivity index (χ1n) is 3.73. The number of rotatable bonds is 2. The lowest BCUT2D eigenvalue weighted by atomic mass is 10.3. The second kappa shape index (κ2) is 3.45. The Morgan fingerprint density at radius 3 is 2.83 bits per heavy atom. The Hall–Kier alpha value is -1.22. The molecule has 0 aliphatic carbocycles. The van der Waals surface area contributed by atoms with E-state index in [0.717, 1.165) is 17.1 Å². The largest absolute Gasteiger partial charge is 0.261 e. The van der Waals surface area contributed by atoms with Crippen molar-refractivity contribution < 1.29 is 0 Å². The highest BCUT2D eigenvalue weighted by Crippen LogP contribution is 2.08. The molecule has 0 aromatic carbocycles. The Morgan fingerprint density at radius 2 is 2.17 bits per heavy atom. The molecule has 0 saturated carbocycles. The molecule has 0 aliphatic heterocycles. The summed E-state index contributed by atoms with van der Waals surface area (Å²) in [5, 5.41) is 3.10. The summed E-state index contributed by atoms with van der Waals surface area (Å²) in [4.78, 5) is 8.41. The van der Waals surface area contributed by atoms with E-state index >= 15 is 0 Å². The zero-order valence-electron chi connectivity index (χ0n) is 6.47. The van der Waals surface area contributed by atoms with Crippen LogP contribution >= 0.6 is 11.3 Å². The molecular formula is C9H8N2S. The van der Waals surface area contributed by atoms with Crippen molar-refractivity contribution >= 4 is 11.3 Å². The average molecular weight is 176 g/mol. The maximum atomic E-state index is 4.22. The van der Waals surface area contributed by atoms with Crippen molar-refractivity contribution in [1.82, 2.24) is 9.97 Å². The minimum Gasteiger partial charge on any atom is -0.261 e. The van der Waals surface area contributed by atoms with Gasteiger partial charge in [-0.25, -0.2) is 4.98 Å². The highest BCUT2D eigenvalue weighted by atomic mass is 32.1. The van der Waals surface area contributed by atoms with Gasteiger partial charge in [-0.2, -0.15) is 0 Å². The van der Waals surface area contributed by atoms with Gasteiger partial charge in [-0.3, -0.25) is 4.98 Å². The standard InChI is InChI=1S/C9H8N2S/c1-2-4-10-8(3-1)7-9-11-5-6-12-9/h1-6H,7H2. The fraction of sp³-hybridized carbons (Fsp3) is 0.111. The van der Waals surface area contributed by atoms with Gasteiger partial charge in [-0.05, 0) is 12.1 Å². The molecule has 0 radical (unpaired) electrons. The molecule has 0 N–H and O–H groups in total. The summed E-state index contributed by atoms with van der Waals surface area (Å²) in [5.74, 6) is 0. The van der Waals surface area contributed by atoms with Crippen LogP contribution in [0.25, 0.3) is 0 Å². The second-order valence-electron chi connectivity index (χ2n) is 2.42. The molecule has 0 atom stereocenters. The number of hydrogen-bond donors (Lipinski definition) is 0. The fourth-order valence-corrected chi connectivity index (χ4v) is 1.63. The maximum absolute atomic E-state index is 4.22. The van der Waals surface area contributed by atoms with Crippen LogP contribution < -0.4 is 0 Å². The van der Waals surface area contributed by atoms with Crippen LogP contribution in [0.2, 0.25) is 0 Å². The van der Waals surface area contributed by atoms with Crippen molar-refractivity contribution in [2.24, 2.45) is 0 Å². The molecule has 2 aromatic heterocycles. The summed E-state index contributed by atoms with van der Waals surface area (Å²) in [6, 6.07) is 5.93. The van der Waals surface area contributed by atoms with Gasteiger partial charge in [0.05, 0.1) is 5.01 Å². The lowest BCUT2D eigenvalue weighted by molar-refractivity contribution is 1.05. The number of nitrogens with zero attached hydrogens (tertiary/aromatic N) is 2. The van der Waals surface area contributed by atoms with Gasteiger partial charge in [-0.1, -0.05) is 6.07 Å². The Bertz CT molecular complexity index is 329. The van der Waals surface area contributed by atoms with Crippen molar-refractivity contribution in [3.63, 3.8) is 0 Å². The van der Waals surface area contributed by atoms with E-state index in [1.807, 2.05) is 36.0 Å². The van der Waals surface area contributed by atoms with Crippen LogP contribution in [0, 0.1) is 0 Å². The van der Waals surface area contributed by atoms with Crippen molar-refractivity contribution in [2.75, 3.05) is 0 Å². The van der Waals surface area contributed by atoms with E-state index in [4.69, 9.17) is 0 Å². The van der Waals surface area contributed by atoms with E-state index in [1.165, 1.54) is 0 Å². The molecule has 2 nitrogen and oxygen atoms in total. The van der Waals surface area contributed by atoms with Crippen LogP contribution in [-0.2, 0) is 6.42 Å². The highest BCUT2D eigenvalue weighted by Gasteiger charge is 1.97. The SMILES string of the molecule is c1ccc(Cc2nccs2)nc1. The summed E-state index contributed by atoms with van der Waals surface area (Å²) >= 11 is 1.67. The number of pyridine rings is 1. The minimum atomic E-state index is 0.846. The fourth-order valence-electron chi connectivity index (χ4n) is 0.998. The van der Waals surface area contributed by atoms with Gasteiger partial charge in [0.1, 0.15) is 0 Å². The smallest absolute Gasteiger partial charge is 0.0984 e. The first-order valence-corrected chi connectivity index (χ1v) is 4.61. The van der Waals surface area contributed by atoms with Crippen LogP contribution in [0.3, 0.4) is 0 Å². The number of thiazole rings is 1. The summed E-state index contributed by atoms with van der Waals surface area (Å²) < 4.78 is 0. The summed E-state index contributed by atoms with van der Waals surface area (Å²) in [5.41, 5.74) is 1.08. The molecule has 0 amide bonds. The lowest BCUT2D eigenvalue weighted by Gasteiger charge is -1.94. The second-order valence-corrected chi connectivity index (χ2v) is 3.40. The summed E-state index contributed by atoms with van der Waals surface area (Å²) in [7, 11) is 0. The van der Waals surface area contributed by atoms with Crippen LogP contribution in [0.5, 0.6) is 0 Å². The normalized spacial score (nSPS) is 10.0. The van der Waals surface area contributed by atoms with Crippen LogP contribution in [0.15, 0.2) is 36.0 Å². The van der Waals surface area contributed by atoms with Gasteiger partial charge in [-0.15, -0.1) is 11.3 Å². The first-order chi connectivity index (χ1) is 5.95. The maximum Gasteiger partial charge on any atom is 0.0984 e. The molecule has 0 aliphatic rings. The lowest BCUT2D eigenvalue weighted by Crippen LogP contribution is -1.89. The predicted octanol–water partition coefficient (Wildman–Crippen LogP) is 2.13. The van der Waals surface area contributed by atoms with Gasteiger partial charge in [0, 0.05) is 29.9 Å². The molecule has 2 aromatic rings. The van der Waals surface area contributed by atoms with E-state index < -0.39 is 0 Å². The monoisotopic (exact) mass is 176 g/mol. The Balaban J connectivity index is 2.15. The van der Waals surface area contributed by atoms with Gasteiger partial charge >= 0.3 is 0 Å². The van der Waals surface area contributed by atoms with Gasteiger partial charge in [0.2, 0.25) is 0 Å².